The van der Waals surface area contributed by atoms with Crippen LogP contribution in [0, 0.1) is 5.92 Å². The number of carbonyl (C=O) groups excluding carboxylic acids is 1. The molecule has 34 heavy (non-hydrogen) atoms. The lowest BCUT2D eigenvalue weighted by Crippen LogP contribution is -2.31. The maximum Gasteiger partial charge on any atom is 0.257 e. The van der Waals surface area contributed by atoms with Gasteiger partial charge >= 0.3 is 0 Å². The Morgan fingerprint density at radius 3 is 2.62 bits per heavy atom. The van der Waals surface area contributed by atoms with E-state index < -0.39 is 0 Å². The van der Waals surface area contributed by atoms with Crippen molar-refractivity contribution < 1.29 is 9.53 Å². The van der Waals surface area contributed by atoms with Crippen LogP contribution in [0.1, 0.15) is 39.9 Å². The zero-order valence-electron chi connectivity index (χ0n) is 19.0. The maximum atomic E-state index is 13.4. The summed E-state index contributed by atoms with van der Waals surface area (Å²) in [5.41, 5.74) is 4.68. The van der Waals surface area contributed by atoms with E-state index in [1.54, 1.807) is 7.11 Å². The van der Waals surface area contributed by atoms with Crippen LogP contribution in [-0.4, -0.2) is 13.0 Å². The number of hydrogen-bond donors (Lipinski definition) is 2. The number of nitrogens with one attached hydrogen (secondary N) is 2. The second kappa shape index (κ2) is 8.38. The second-order valence-corrected chi connectivity index (χ2v) is 8.97. The molecule has 0 saturated heterocycles. The van der Waals surface area contributed by atoms with Crippen molar-refractivity contribution in [3.63, 3.8) is 0 Å². The van der Waals surface area contributed by atoms with Crippen LogP contribution >= 0.6 is 0 Å². The lowest BCUT2D eigenvalue weighted by atomic mass is 9.75. The zero-order chi connectivity index (χ0) is 23.1. The number of benzene rings is 4. The quantitative estimate of drug-likeness (QED) is 0.334. The van der Waals surface area contributed by atoms with Crippen molar-refractivity contribution in [3.05, 3.63) is 114 Å². The number of para-hydroxylation sites is 2. The molecule has 4 aromatic rings. The Morgan fingerprint density at radius 1 is 0.941 bits per heavy atom. The number of allylic oxidation sites excluding steroid dienone is 2. The predicted octanol–water partition coefficient (Wildman–Crippen LogP) is 6.93. The van der Waals surface area contributed by atoms with E-state index in [0.29, 0.717) is 11.5 Å². The zero-order valence-corrected chi connectivity index (χ0v) is 19.0. The summed E-state index contributed by atoms with van der Waals surface area (Å²) in [6, 6.07) is 28.2. The summed E-state index contributed by atoms with van der Waals surface area (Å²) in [7, 11) is 1.73. The van der Waals surface area contributed by atoms with Gasteiger partial charge in [-0.2, -0.15) is 0 Å². The molecule has 3 atom stereocenters. The molecule has 0 fully saturated rings. The van der Waals surface area contributed by atoms with Gasteiger partial charge in [0.2, 0.25) is 0 Å². The van der Waals surface area contributed by atoms with E-state index in [-0.39, 0.29) is 17.9 Å². The molecule has 4 nitrogen and oxygen atoms in total. The molecule has 1 aliphatic carbocycles. The van der Waals surface area contributed by atoms with Crippen LogP contribution in [0.2, 0.25) is 0 Å². The second-order valence-electron chi connectivity index (χ2n) is 8.97. The number of methoxy groups -OCH3 is 1. The van der Waals surface area contributed by atoms with Crippen molar-refractivity contribution >= 4 is 28.1 Å². The molecule has 3 unspecified atom stereocenters. The van der Waals surface area contributed by atoms with E-state index in [1.165, 1.54) is 16.3 Å². The van der Waals surface area contributed by atoms with E-state index in [2.05, 4.69) is 65.3 Å². The molecule has 0 bridgehead atoms. The third-order valence-corrected chi connectivity index (χ3v) is 7.13. The first-order valence-electron chi connectivity index (χ1n) is 11.7. The van der Waals surface area contributed by atoms with Crippen LogP contribution in [0.4, 0.5) is 11.4 Å². The Balaban J connectivity index is 1.48. The van der Waals surface area contributed by atoms with Gasteiger partial charge in [0, 0.05) is 17.2 Å². The van der Waals surface area contributed by atoms with Gasteiger partial charge in [-0.3, -0.25) is 4.79 Å². The standard InChI is InChI=1S/C30H26N2O2/c1-34-26-18-17-19-9-5-6-12-21(19)27(26)29-24-15-7-13-22(24)23-14-8-16-25(28(23)32-29)30(33)31-20-10-3-2-4-11-20/h2-14,16-18,22,24,29,32H,15H2,1H3,(H,31,33). The van der Waals surface area contributed by atoms with Crippen molar-refractivity contribution in [2.45, 2.75) is 18.4 Å². The summed E-state index contributed by atoms with van der Waals surface area (Å²) in [6.45, 7) is 0. The van der Waals surface area contributed by atoms with Gasteiger partial charge in [-0.25, -0.2) is 0 Å². The van der Waals surface area contributed by atoms with Gasteiger partial charge in [0.25, 0.3) is 5.91 Å². The average molecular weight is 447 g/mol. The van der Waals surface area contributed by atoms with Crippen molar-refractivity contribution in [1.29, 1.82) is 0 Å². The number of rotatable bonds is 4. The van der Waals surface area contributed by atoms with Crippen LogP contribution in [0.5, 0.6) is 5.75 Å². The van der Waals surface area contributed by atoms with Crippen molar-refractivity contribution in [2.75, 3.05) is 17.7 Å². The van der Waals surface area contributed by atoms with Gasteiger partial charge in [-0.1, -0.05) is 72.8 Å². The third kappa shape index (κ3) is 3.34. The number of carbonyl (C=O) groups is 1. The third-order valence-electron chi connectivity index (χ3n) is 7.13. The minimum Gasteiger partial charge on any atom is -0.496 e. The molecule has 6 rings (SSSR count). The summed E-state index contributed by atoms with van der Waals surface area (Å²) in [5, 5.41) is 9.22. The molecule has 1 amide bonds. The van der Waals surface area contributed by atoms with Crippen molar-refractivity contribution in [2.24, 2.45) is 5.92 Å². The van der Waals surface area contributed by atoms with Crippen LogP contribution in [0.15, 0.2) is 97.1 Å². The molecule has 4 heteroatoms. The minimum atomic E-state index is -0.111. The Hall–Kier alpha value is -4.05. The molecule has 1 heterocycles. The first-order valence-corrected chi connectivity index (χ1v) is 11.7. The number of fused-ring (bicyclic) bond motifs is 4. The van der Waals surface area contributed by atoms with Gasteiger partial charge in [-0.05, 0) is 52.9 Å². The fourth-order valence-electron chi connectivity index (χ4n) is 5.59. The fraction of sp³-hybridized carbons (Fsp3) is 0.167. The molecule has 2 aliphatic rings. The molecule has 168 valence electrons. The van der Waals surface area contributed by atoms with Gasteiger partial charge in [0.1, 0.15) is 5.75 Å². The number of anilines is 2. The topological polar surface area (TPSA) is 50.4 Å². The maximum absolute atomic E-state index is 13.4. The highest BCUT2D eigenvalue weighted by Gasteiger charge is 2.40. The van der Waals surface area contributed by atoms with Gasteiger partial charge < -0.3 is 15.4 Å². The Kier molecular flexibility index (Phi) is 5.06. The molecule has 0 radical (unpaired) electrons. The van der Waals surface area contributed by atoms with Gasteiger partial charge in [0.05, 0.1) is 24.4 Å². The molecular weight excluding hydrogens is 420 g/mol. The molecule has 2 N–H and O–H groups in total. The fourth-order valence-corrected chi connectivity index (χ4v) is 5.59. The van der Waals surface area contributed by atoms with Gasteiger partial charge in [-0.15, -0.1) is 0 Å². The Morgan fingerprint density at radius 2 is 1.76 bits per heavy atom. The number of amides is 1. The highest BCUT2D eigenvalue weighted by molar-refractivity contribution is 6.08. The summed E-state index contributed by atoms with van der Waals surface area (Å²) in [4.78, 5) is 13.4. The molecule has 0 spiro atoms. The summed E-state index contributed by atoms with van der Waals surface area (Å²) in [6.07, 6.45) is 5.55. The number of ether oxygens (including phenoxy) is 1. The summed E-state index contributed by atoms with van der Waals surface area (Å²) >= 11 is 0. The lowest BCUT2D eigenvalue weighted by Gasteiger charge is -2.39. The molecule has 0 saturated carbocycles. The Bertz CT molecular complexity index is 1410. The van der Waals surface area contributed by atoms with Crippen molar-refractivity contribution in [1.82, 2.24) is 0 Å². The highest BCUT2D eigenvalue weighted by Crippen LogP contribution is 2.53. The van der Waals surface area contributed by atoms with Crippen LogP contribution < -0.4 is 15.4 Å². The predicted molar refractivity (Wildman–Crippen MR) is 138 cm³/mol. The van der Waals surface area contributed by atoms with Crippen LogP contribution in [0.3, 0.4) is 0 Å². The lowest BCUT2D eigenvalue weighted by molar-refractivity contribution is 0.102. The minimum absolute atomic E-state index is 0.0132. The van der Waals surface area contributed by atoms with Crippen LogP contribution in [-0.2, 0) is 0 Å². The van der Waals surface area contributed by atoms with E-state index in [4.69, 9.17) is 4.74 Å². The Labute approximate surface area is 199 Å². The molecule has 4 aromatic carbocycles. The highest BCUT2D eigenvalue weighted by atomic mass is 16.5. The first kappa shape index (κ1) is 20.5. The normalized spacial score (nSPS) is 20.3. The monoisotopic (exact) mass is 446 g/mol. The molecule has 1 aliphatic heterocycles. The van der Waals surface area contributed by atoms with E-state index in [1.807, 2.05) is 42.5 Å². The average Bonchev–Trinajstić information content (AvgIpc) is 3.38. The number of hydrogen-bond acceptors (Lipinski definition) is 3. The smallest absolute Gasteiger partial charge is 0.257 e. The summed E-state index contributed by atoms with van der Waals surface area (Å²) < 4.78 is 5.86. The van der Waals surface area contributed by atoms with E-state index in [0.717, 1.165) is 29.1 Å². The van der Waals surface area contributed by atoms with Crippen molar-refractivity contribution in [3.8, 4) is 5.75 Å². The SMILES string of the molecule is COc1ccc2ccccc2c1C1Nc2c(C(=O)Nc3ccccc3)cccc2C2C=CCC21. The molecular formula is C30H26N2O2. The van der Waals surface area contributed by atoms with E-state index in [9.17, 15) is 4.79 Å². The van der Waals surface area contributed by atoms with Gasteiger partial charge in [0.15, 0.2) is 0 Å². The summed E-state index contributed by atoms with van der Waals surface area (Å²) in [5.74, 6) is 1.35. The van der Waals surface area contributed by atoms with E-state index >= 15 is 0 Å². The largest absolute Gasteiger partial charge is 0.496 e. The molecule has 0 aromatic heterocycles. The first-order chi connectivity index (χ1) is 16.7. The van der Waals surface area contributed by atoms with Crippen LogP contribution in [0.25, 0.3) is 10.8 Å².